The first kappa shape index (κ1) is 17.3. The molecule has 1 unspecified atom stereocenters. The molecule has 18 heavy (non-hydrogen) atoms. The number of carboxylic acids is 1. The van der Waals surface area contributed by atoms with E-state index in [4.69, 9.17) is 9.84 Å². The number of carbonyl (C=O) groups is 1. The van der Waals surface area contributed by atoms with Crippen LogP contribution in [0.25, 0.3) is 0 Å². The molecule has 0 saturated heterocycles. The second kappa shape index (κ2) is 8.41. The summed E-state index contributed by atoms with van der Waals surface area (Å²) in [5.41, 5.74) is 0. The highest BCUT2D eigenvalue weighted by Gasteiger charge is 2.26. The summed E-state index contributed by atoms with van der Waals surface area (Å²) in [7, 11) is -0.905. The Bertz CT molecular complexity index is 344. The number of nitrogens with one attached hydrogen (secondary N) is 1. The first-order valence-electron chi connectivity index (χ1n) is 5.80. The van der Waals surface area contributed by atoms with Crippen molar-refractivity contribution in [3.05, 3.63) is 0 Å². The first-order valence-corrected chi connectivity index (χ1v) is 7.24. The van der Waals surface area contributed by atoms with Crippen molar-refractivity contribution in [1.82, 2.24) is 9.03 Å². The van der Waals surface area contributed by atoms with Gasteiger partial charge in [0.15, 0.2) is 0 Å². The summed E-state index contributed by atoms with van der Waals surface area (Å²) >= 11 is 0. The van der Waals surface area contributed by atoms with Crippen molar-refractivity contribution >= 4 is 16.2 Å². The van der Waals surface area contributed by atoms with Crippen molar-refractivity contribution in [2.45, 2.75) is 32.2 Å². The van der Waals surface area contributed by atoms with E-state index in [1.807, 2.05) is 6.92 Å². The Morgan fingerprint density at radius 2 is 2.11 bits per heavy atom. The SMILES string of the molecule is CCCCN(C)S(=O)(=O)NC(CCOC)C(=O)O. The maximum atomic E-state index is 11.8. The normalized spacial score (nSPS) is 13.8. The third kappa shape index (κ3) is 6.29. The topological polar surface area (TPSA) is 95.9 Å². The average molecular weight is 282 g/mol. The van der Waals surface area contributed by atoms with Crippen LogP contribution in [0.4, 0.5) is 0 Å². The number of unbranched alkanes of at least 4 members (excludes halogenated alkanes) is 1. The van der Waals surface area contributed by atoms with Gasteiger partial charge in [-0.3, -0.25) is 4.79 Å². The minimum atomic E-state index is -3.76. The molecule has 0 bridgehead atoms. The molecule has 2 N–H and O–H groups in total. The molecule has 0 heterocycles. The van der Waals surface area contributed by atoms with E-state index in [0.29, 0.717) is 6.54 Å². The number of hydrogen-bond donors (Lipinski definition) is 2. The molecule has 0 aliphatic rings. The summed E-state index contributed by atoms with van der Waals surface area (Å²) in [5.74, 6) is -1.21. The van der Waals surface area contributed by atoms with E-state index >= 15 is 0 Å². The molecule has 0 aliphatic heterocycles. The summed E-state index contributed by atoms with van der Waals surface area (Å²) in [6.45, 7) is 2.49. The second-order valence-corrected chi connectivity index (χ2v) is 5.78. The monoisotopic (exact) mass is 282 g/mol. The smallest absolute Gasteiger partial charge is 0.321 e. The lowest BCUT2D eigenvalue weighted by atomic mass is 10.2. The highest BCUT2D eigenvalue weighted by atomic mass is 32.2. The van der Waals surface area contributed by atoms with Gasteiger partial charge < -0.3 is 9.84 Å². The van der Waals surface area contributed by atoms with E-state index in [1.165, 1.54) is 14.2 Å². The first-order chi connectivity index (χ1) is 8.35. The fourth-order valence-electron chi connectivity index (χ4n) is 1.24. The van der Waals surface area contributed by atoms with Crippen LogP contribution in [0.3, 0.4) is 0 Å². The quantitative estimate of drug-likeness (QED) is 0.590. The van der Waals surface area contributed by atoms with Gasteiger partial charge in [0, 0.05) is 27.3 Å². The Labute approximate surface area is 108 Å². The molecule has 108 valence electrons. The average Bonchev–Trinajstić information content (AvgIpc) is 2.30. The molecule has 0 radical (unpaired) electrons. The molecule has 1 atom stereocenters. The van der Waals surface area contributed by atoms with E-state index in [9.17, 15) is 13.2 Å². The largest absolute Gasteiger partial charge is 0.480 e. The zero-order valence-electron chi connectivity index (χ0n) is 11.0. The Hall–Kier alpha value is -0.700. The van der Waals surface area contributed by atoms with Gasteiger partial charge in [0.05, 0.1) is 0 Å². The molecule has 8 heteroatoms. The van der Waals surface area contributed by atoms with Gasteiger partial charge in [-0.25, -0.2) is 0 Å². The Balaban J connectivity index is 4.54. The van der Waals surface area contributed by atoms with Crippen LogP contribution in [0, 0.1) is 0 Å². The summed E-state index contributed by atoms with van der Waals surface area (Å²) in [4.78, 5) is 10.9. The van der Waals surface area contributed by atoms with Crippen LogP contribution in [0.1, 0.15) is 26.2 Å². The van der Waals surface area contributed by atoms with Crippen molar-refractivity contribution < 1.29 is 23.1 Å². The predicted molar refractivity (Wildman–Crippen MR) is 67.5 cm³/mol. The molecule has 0 fully saturated rings. The number of nitrogens with zero attached hydrogens (tertiary/aromatic N) is 1. The fourth-order valence-corrected chi connectivity index (χ4v) is 2.37. The van der Waals surface area contributed by atoms with Gasteiger partial charge >= 0.3 is 5.97 Å². The maximum absolute atomic E-state index is 11.8. The van der Waals surface area contributed by atoms with Gasteiger partial charge in [-0.2, -0.15) is 17.4 Å². The van der Waals surface area contributed by atoms with E-state index in [2.05, 4.69) is 4.72 Å². The van der Waals surface area contributed by atoms with Crippen LogP contribution >= 0.6 is 0 Å². The number of methoxy groups -OCH3 is 1. The van der Waals surface area contributed by atoms with Crippen molar-refractivity contribution in [1.29, 1.82) is 0 Å². The van der Waals surface area contributed by atoms with Crippen LogP contribution in [-0.2, 0) is 19.7 Å². The number of aliphatic carboxylic acids is 1. The molecule has 0 amide bonds. The van der Waals surface area contributed by atoms with Crippen molar-refractivity contribution in [3.8, 4) is 0 Å². The van der Waals surface area contributed by atoms with Gasteiger partial charge in [0.1, 0.15) is 6.04 Å². The highest BCUT2D eigenvalue weighted by molar-refractivity contribution is 7.87. The van der Waals surface area contributed by atoms with Crippen LogP contribution in [0.15, 0.2) is 0 Å². The Morgan fingerprint density at radius 3 is 2.56 bits per heavy atom. The summed E-state index contributed by atoms with van der Waals surface area (Å²) in [6.07, 6.45) is 1.69. The number of carboxylic acid groups (broad SMARTS) is 1. The molecular formula is C10H22N2O5S. The van der Waals surface area contributed by atoms with E-state index in [0.717, 1.165) is 17.1 Å². The van der Waals surface area contributed by atoms with Gasteiger partial charge in [0.2, 0.25) is 0 Å². The number of rotatable bonds is 10. The molecule has 0 rings (SSSR count). The van der Waals surface area contributed by atoms with Crippen LogP contribution in [0.5, 0.6) is 0 Å². The minimum absolute atomic E-state index is 0.0900. The number of ether oxygens (including phenoxy) is 1. The summed E-state index contributed by atoms with van der Waals surface area (Å²) < 4.78 is 31.7. The third-order valence-electron chi connectivity index (χ3n) is 2.44. The van der Waals surface area contributed by atoms with Gasteiger partial charge in [-0.15, -0.1) is 0 Å². The number of hydrogen-bond acceptors (Lipinski definition) is 4. The fraction of sp³-hybridized carbons (Fsp3) is 0.900. The van der Waals surface area contributed by atoms with E-state index < -0.39 is 22.2 Å². The molecule has 0 aromatic carbocycles. The van der Waals surface area contributed by atoms with Crippen molar-refractivity contribution in [2.75, 3.05) is 27.3 Å². The summed E-state index contributed by atoms with van der Waals surface area (Å²) in [5, 5.41) is 8.92. The van der Waals surface area contributed by atoms with Gasteiger partial charge in [-0.05, 0) is 12.8 Å². The van der Waals surface area contributed by atoms with Crippen LogP contribution in [0.2, 0.25) is 0 Å². The Morgan fingerprint density at radius 1 is 1.50 bits per heavy atom. The highest BCUT2D eigenvalue weighted by Crippen LogP contribution is 2.02. The second-order valence-electron chi connectivity index (χ2n) is 3.97. The van der Waals surface area contributed by atoms with Gasteiger partial charge in [0.25, 0.3) is 10.2 Å². The van der Waals surface area contributed by atoms with Crippen LogP contribution in [-0.4, -0.2) is 57.1 Å². The van der Waals surface area contributed by atoms with E-state index in [1.54, 1.807) is 0 Å². The van der Waals surface area contributed by atoms with Crippen molar-refractivity contribution in [3.63, 3.8) is 0 Å². The molecule has 0 aromatic rings. The molecular weight excluding hydrogens is 260 g/mol. The third-order valence-corrected chi connectivity index (χ3v) is 4.02. The molecule has 7 nitrogen and oxygen atoms in total. The predicted octanol–water partition coefficient (Wildman–Crippen LogP) is 0.0424. The molecule has 0 saturated carbocycles. The summed E-state index contributed by atoms with van der Waals surface area (Å²) in [6, 6.07) is -1.17. The standard InChI is InChI=1S/C10H22N2O5S/c1-4-5-7-12(2)18(15,16)11-9(10(13)14)6-8-17-3/h9,11H,4-8H2,1-3H3,(H,13,14). The van der Waals surface area contributed by atoms with Crippen LogP contribution < -0.4 is 4.72 Å². The lowest BCUT2D eigenvalue weighted by Crippen LogP contribution is -2.47. The molecule has 0 aromatic heterocycles. The minimum Gasteiger partial charge on any atom is -0.480 e. The lowest BCUT2D eigenvalue weighted by Gasteiger charge is -2.20. The van der Waals surface area contributed by atoms with Gasteiger partial charge in [-0.1, -0.05) is 13.3 Å². The Kier molecular flexibility index (Phi) is 8.08. The molecule has 0 aliphatic carbocycles. The zero-order valence-corrected chi connectivity index (χ0v) is 11.9. The van der Waals surface area contributed by atoms with E-state index in [-0.39, 0.29) is 13.0 Å². The molecule has 0 spiro atoms. The maximum Gasteiger partial charge on any atom is 0.321 e. The van der Waals surface area contributed by atoms with Crippen molar-refractivity contribution in [2.24, 2.45) is 0 Å². The lowest BCUT2D eigenvalue weighted by molar-refractivity contribution is -0.139. The zero-order chi connectivity index (χ0) is 14.2.